The fraction of sp³-hybridized carbons (Fsp3) is 0.318. The summed E-state index contributed by atoms with van der Waals surface area (Å²) in [6.07, 6.45) is 2.79. The molecular weight excluding hydrogens is 296 g/mol. The third-order valence-electron chi connectivity index (χ3n) is 4.28. The van der Waals surface area contributed by atoms with Crippen molar-refractivity contribution in [3.63, 3.8) is 0 Å². The van der Waals surface area contributed by atoms with Gasteiger partial charge in [0.05, 0.1) is 13.0 Å². The summed E-state index contributed by atoms with van der Waals surface area (Å²) in [5.41, 5.74) is 4.70. The van der Waals surface area contributed by atoms with Gasteiger partial charge in [-0.2, -0.15) is 0 Å². The van der Waals surface area contributed by atoms with Gasteiger partial charge in [-0.05, 0) is 38.3 Å². The van der Waals surface area contributed by atoms with Crippen LogP contribution in [0.4, 0.5) is 0 Å². The van der Waals surface area contributed by atoms with Crippen LogP contribution in [-0.4, -0.2) is 13.1 Å². The molecule has 0 fully saturated rings. The van der Waals surface area contributed by atoms with E-state index in [0.717, 1.165) is 11.1 Å². The molecule has 24 heavy (non-hydrogen) atoms. The third kappa shape index (κ3) is 4.58. The van der Waals surface area contributed by atoms with Crippen LogP contribution < -0.4 is 0 Å². The predicted octanol–water partition coefficient (Wildman–Crippen LogP) is 5.27. The number of benzene rings is 2. The standard InChI is InChI=1S/C22H26O2/c1-16(2)10-15-20(22(23)24-4)21(18-8-6-5-7-9-18)19-13-11-17(3)12-14-19/h5-14,20-21H,15H2,1-4H3/t20-,21-/m1/s1. The van der Waals surface area contributed by atoms with Crippen molar-refractivity contribution in [2.45, 2.75) is 33.1 Å². The number of esters is 1. The summed E-state index contributed by atoms with van der Waals surface area (Å²) in [6.45, 7) is 6.18. The van der Waals surface area contributed by atoms with Crippen LogP contribution in [0.15, 0.2) is 66.2 Å². The van der Waals surface area contributed by atoms with Crippen LogP contribution in [0.3, 0.4) is 0 Å². The van der Waals surface area contributed by atoms with E-state index in [-0.39, 0.29) is 17.8 Å². The van der Waals surface area contributed by atoms with Gasteiger partial charge >= 0.3 is 5.97 Å². The molecule has 0 aliphatic carbocycles. The molecule has 0 spiro atoms. The Morgan fingerprint density at radius 1 is 1.00 bits per heavy atom. The molecule has 2 atom stereocenters. The van der Waals surface area contributed by atoms with Gasteiger partial charge in [0.1, 0.15) is 0 Å². The molecule has 0 bridgehead atoms. The fourth-order valence-corrected chi connectivity index (χ4v) is 2.97. The van der Waals surface area contributed by atoms with Gasteiger partial charge < -0.3 is 4.74 Å². The van der Waals surface area contributed by atoms with Gasteiger partial charge in [0.25, 0.3) is 0 Å². The second-order valence-electron chi connectivity index (χ2n) is 6.45. The molecule has 2 nitrogen and oxygen atoms in total. The van der Waals surface area contributed by atoms with Gasteiger partial charge in [-0.1, -0.05) is 71.8 Å². The quantitative estimate of drug-likeness (QED) is 0.535. The van der Waals surface area contributed by atoms with Crippen LogP contribution in [0.5, 0.6) is 0 Å². The van der Waals surface area contributed by atoms with Crippen molar-refractivity contribution >= 4 is 5.97 Å². The molecular formula is C22H26O2. The van der Waals surface area contributed by atoms with E-state index in [1.165, 1.54) is 18.2 Å². The minimum Gasteiger partial charge on any atom is -0.469 e. The Labute approximate surface area is 145 Å². The number of hydrogen-bond acceptors (Lipinski definition) is 2. The summed E-state index contributed by atoms with van der Waals surface area (Å²) in [7, 11) is 1.47. The smallest absolute Gasteiger partial charge is 0.309 e. The second kappa shape index (κ2) is 8.49. The Bertz CT molecular complexity index is 680. The molecule has 2 rings (SSSR count). The van der Waals surface area contributed by atoms with Crippen LogP contribution in [0.25, 0.3) is 0 Å². The van der Waals surface area contributed by atoms with Crippen LogP contribution in [0.2, 0.25) is 0 Å². The van der Waals surface area contributed by atoms with Gasteiger partial charge in [0.2, 0.25) is 0 Å². The minimum atomic E-state index is -0.241. The maximum Gasteiger partial charge on any atom is 0.309 e. The Morgan fingerprint density at radius 3 is 2.12 bits per heavy atom. The molecule has 0 N–H and O–H groups in total. The van der Waals surface area contributed by atoms with E-state index in [1.807, 2.05) is 18.2 Å². The summed E-state index contributed by atoms with van der Waals surface area (Å²) < 4.78 is 5.12. The van der Waals surface area contributed by atoms with Crippen molar-refractivity contribution in [2.24, 2.45) is 5.92 Å². The van der Waals surface area contributed by atoms with Gasteiger partial charge in [-0.15, -0.1) is 0 Å². The number of hydrogen-bond donors (Lipinski definition) is 0. The summed E-state index contributed by atoms with van der Waals surface area (Å²) in [5, 5.41) is 0. The summed E-state index contributed by atoms with van der Waals surface area (Å²) >= 11 is 0. The molecule has 126 valence electrons. The largest absolute Gasteiger partial charge is 0.469 e. The van der Waals surface area contributed by atoms with Gasteiger partial charge in [-0.3, -0.25) is 4.79 Å². The average Bonchev–Trinajstić information content (AvgIpc) is 2.59. The first-order valence-corrected chi connectivity index (χ1v) is 8.35. The minimum absolute atomic E-state index is 0.0187. The predicted molar refractivity (Wildman–Crippen MR) is 99.0 cm³/mol. The monoisotopic (exact) mass is 322 g/mol. The highest BCUT2D eigenvalue weighted by atomic mass is 16.5. The topological polar surface area (TPSA) is 26.3 Å². The van der Waals surface area contributed by atoms with Crippen LogP contribution in [-0.2, 0) is 9.53 Å². The van der Waals surface area contributed by atoms with Crippen molar-refractivity contribution in [3.8, 4) is 0 Å². The maximum absolute atomic E-state index is 12.5. The lowest BCUT2D eigenvalue weighted by molar-refractivity contribution is -0.145. The maximum atomic E-state index is 12.5. The molecule has 2 heteroatoms. The molecule has 0 aliphatic rings. The molecule has 0 aliphatic heterocycles. The first kappa shape index (κ1) is 18.0. The molecule has 0 unspecified atom stereocenters. The third-order valence-corrected chi connectivity index (χ3v) is 4.28. The Balaban J connectivity index is 2.51. The van der Waals surface area contributed by atoms with Crippen molar-refractivity contribution in [1.29, 1.82) is 0 Å². The van der Waals surface area contributed by atoms with Crippen molar-refractivity contribution in [1.82, 2.24) is 0 Å². The summed E-state index contributed by atoms with van der Waals surface area (Å²) in [6, 6.07) is 18.6. The van der Waals surface area contributed by atoms with Crippen molar-refractivity contribution in [3.05, 3.63) is 82.9 Å². The molecule has 0 saturated heterocycles. The van der Waals surface area contributed by atoms with E-state index in [4.69, 9.17) is 4.74 Å². The molecule has 0 saturated carbocycles. The fourth-order valence-electron chi connectivity index (χ4n) is 2.97. The molecule has 0 amide bonds. The van der Waals surface area contributed by atoms with E-state index < -0.39 is 0 Å². The summed E-state index contributed by atoms with van der Waals surface area (Å²) in [4.78, 5) is 12.5. The lowest BCUT2D eigenvalue weighted by atomic mass is 9.78. The van der Waals surface area contributed by atoms with Crippen LogP contribution >= 0.6 is 0 Å². The zero-order valence-corrected chi connectivity index (χ0v) is 15.0. The van der Waals surface area contributed by atoms with E-state index in [1.54, 1.807) is 0 Å². The number of carbonyl (C=O) groups is 1. The number of aryl methyl sites for hydroxylation is 1. The van der Waals surface area contributed by atoms with E-state index in [2.05, 4.69) is 63.2 Å². The van der Waals surface area contributed by atoms with E-state index >= 15 is 0 Å². The molecule has 0 aromatic heterocycles. The lowest BCUT2D eigenvalue weighted by Gasteiger charge is -2.26. The SMILES string of the molecule is COC(=O)[C@H](CC=C(C)C)[C@H](c1ccccc1)c1ccc(C)cc1. The highest BCUT2D eigenvalue weighted by Crippen LogP contribution is 2.35. The second-order valence-corrected chi connectivity index (χ2v) is 6.45. The Kier molecular flexibility index (Phi) is 6.36. The van der Waals surface area contributed by atoms with Crippen molar-refractivity contribution < 1.29 is 9.53 Å². The van der Waals surface area contributed by atoms with E-state index in [9.17, 15) is 4.79 Å². The number of rotatable bonds is 6. The van der Waals surface area contributed by atoms with Crippen LogP contribution in [0, 0.1) is 12.8 Å². The van der Waals surface area contributed by atoms with E-state index in [0.29, 0.717) is 6.42 Å². The highest BCUT2D eigenvalue weighted by Gasteiger charge is 2.30. The number of methoxy groups -OCH3 is 1. The van der Waals surface area contributed by atoms with Gasteiger partial charge in [-0.25, -0.2) is 0 Å². The van der Waals surface area contributed by atoms with Crippen LogP contribution in [0.1, 0.15) is 42.9 Å². The average molecular weight is 322 g/mol. The Morgan fingerprint density at radius 2 is 1.58 bits per heavy atom. The molecule has 0 heterocycles. The Hall–Kier alpha value is -2.35. The number of carbonyl (C=O) groups excluding carboxylic acids is 1. The van der Waals surface area contributed by atoms with Crippen molar-refractivity contribution in [2.75, 3.05) is 7.11 Å². The molecule has 2 aromatic carbocycles. The highest BCUT2D eigenvalue weighted by molar-refractivity contribution is 5.74. The zero-order valence-electron chi connectivity index (χ0n) is 15.0. The first-order chi connectivity index (χ1) is 11.5. The normalized spacial score (nSPS) is 13.0. The summed E-state index contributed by atoms with van der Waals surface area (Å²) in [5.74, 6) is -0.424. The molecule has 2 aromatic rings. The van der Waals surface area contributed by atoms with Gasteiger partial charge in [0, 0.05) is 5.92 Å². The zero-order chi connectivity index (χ0) is 17.5. The molecule has 0 radical (unpaired) electrons. The lowest BCUT2D eigenvalue weighted by Crippen LogP contribution is -2.24. The number of allylic oxidation sites excluding steroid dienone is 2. The number of ether oxygens (including phenoxy) is 1. The first-order valence-electron chi connectivity index (χ1n) is 8.35. The van der Waals surface area contributed by atoms with Gasteiger partial charge in [0.15, 0.2) is 0 Å².